The summed E-state index contributed by atoms with van der Waals surface area (Å²) in [5.74, 6) is 0.129. The standard InChI is InChI=1S/C22H28FN5O/c23-16-5-4-6-19(13-16)28-15-17(7-8-20(28)22(24)29)26-21-14-18(9-10-25-21)27-11-2-1-3-12-27/h4-6,9-10,13-14,17,20H,1-3,7-8,11-12,15H2,(H2,24,29)(H,25,26)/t17-,20+/m1/s1. The van der Waals surface area contributed by atoms with Crippen molar-refractivity contribution in [2.75, 3.05) is 34.8 Å². The van der Waals surface area contributed by atoms with Crippen LogP contribution in [0.5, 0.6) is 0 Å². The number of benzene rings is 1. The third-order valence-electron chi connectivity index (χ3n) is 5.87. The van der Waals surface area contributed by atoms with Crippen LogP contribution in [0.2, 0.25) is 0 Å². The molecule has 0 bridgehead atoms. The van der Waals surface area contributed by atoms with Crippen molar-refractivity contribution in [2.45, 2.75) is 44.2 Å². The maximum atomic E-state index is 13.7. The fourth-order valence-corrected chi connectivity index (χ4v) is 4.38. The van der Waals surface area contributed by atoms with Crippen molar-refractivity contribution < 1.29 is 9.18 Å². The summed E-state index contributed by atoms with van der Waals surface area (Å²) >= 11 is 0. The molecule has 2 aromatic rings. The molecule has 2 aliphatic rings. The Balaban J connectivity index is 1.49. The van der Waals surface area contributed by atoms with E-state index in [-0.39, 0.29) is 17.8 Å². The zero-order chi connectivity index (χ0) is 20.2. The first kappa shape index (κ1) is 19.5. The van der Waals surface area contributed by atoms with E-state index in [0.717, 1.165) is 25.3 Å². The van der Waals surface area contributed by atoms with Gasteiger partial charge in [-0.2, -0.15) is 0 Å². The number of anilines is 3. The summed E-state index contributed by atoms with van der Waals surface area (Å²) in [5.41, 5.74) is 7.49. The quantitative estimate of drug-likeness (QED) is 0.811. The van der Waals surface area contributed by atoms with Gasteiger partial charge in [0.15, 0.2) is 0 Å². The lowest BCUT2D eigenvalue weighted by Gasteiger charge is -2.40. The molecule has 29 heavy (non-hydrogen) atoms. The van der Waals surface area contributed by atoms with E-state index in [1.54, 1.807) is 6.07 Å². The molecule has 0 spiro atoms. The van der Waals surface area contributed by atoms with Crippen LogP contribution in [0.1, 0.15) is 32.1 Å². The van der Waals surface area contributed by atoms with Gasteiger partial charge in [-0.05, 0) is 56.4 Å². The molecular formula is C22H28FN5O. The molecule has 4 rings (SSSR count). The molecule has 1 aromatic heterocycles. The molecule has 0 saturated carbocycles. The molecule has 2 saturated heterocycles. The fourth-order valence-electron chi connectivity index (χ4n) is 4.38. The van der Waals surface area contributed by atoms with E-state index in [1.807, 2.05) is 17.2 Å². The van der Waals surface area contributed by atoms with E-state index in [4.69, 9.17) is 5.73 Å². The molecule has 2 atom stereocenters. The molecule has 7 heteroatoms. The third-order valence-corrected chi connectivity index (χ3v) is 5.87. The summed E-state index contributed by atoms with van der Waals surface area (Å²) in [6.45, 7) is 2.73. The molecular weight excluding hydrogens is 369 g/mol. The fraction of sp³-hybridized carbons (Fsp3) is 0.455. The number of hydrogen-bond acceptors (Lipinski definition) is 5. The number of primary amides is 1. The first-order valence-electron chi connectivity index (χ1n) is 10.4. The van der Waals surface area contributed by atoms with Crippen LogP contribution in [-0.2, 0) is 4.79 Å². The minimum atomic E-state index is -0.428. The zero-order valence-electron chi connectivity index (χ0n) is 16.6. The average molecular weight is 397 g/mol. The second-order valence-electron chi connectivity index (χ2n) is 7.92. The molecule has 0 radical (unpaired) electrons. The number of hydrogen-bond donors (Lipinski definition) is 2. The molecule has 1 aromatic carbocycles. The molecule has 3 N–H and O–H groups in total. The maximum Gasteiger partial charge on any atom is 0.240 e. The van der Waals surface area contributed by atoms with Gasteiger partial charge in [0, 0.05) is 49.3 Å². The topological polar surface area (TPSA) is 74.5 Å². The number of aromatic nitrogens is 1. The highest BCUT2D eigenvalue weighted by molar-refractivity contribution is 5.84. The highest BCUT2D eigenvalue weighted by atomic mass is 19.1. The van der Waals surface area contributed by atoms with Gasteiger partial charge in [-0.25, -0.2) is 9.37 Å². The van der Waals surface area contributed by atoms with Crippen molar-refractivity contribution >= 4 is 23.1 Å². The van der Waals surface area contributed by atoms with Gasteiger partial charge in [0.1, 0.15) is 17.7 Å². The Kier molecular flexibility index (Phi) is 5.83. The van der Waals surface area contributed by atoms with Crippen molar-refractivity contribution in [3.05, 3.63) is 48.4 Å². The Morgan fingerprint density at radius 1 is 1.10 bits per heavy atom. The SMILES string of the molecule is NC(=O)[C@@H]1CC[C@@H](Nc2cc(N3CCCCC3)ccn2)CN1c1cccc(F)c1. The lowest BCUT2D eigenvalue weighted by Crippen LogP contribution is -2.53. The molecule has 6 nitrogen and oxygen atoms in total. The van der Waals surface area contributed by atoms with Gasteiger partial charge < -0.3 is 20.9 Å². The number of nitrogens with one attached hydrogen (secondary N) is 1. The zero-order valence-corrected chi connectivity index (χ0v) is 16.6. The second-order valence-corrected chi connectivity index (χ2v) is 7.92. The van der Waals surface area contributed by atoms with Crippen molar-refractivity contribution in [3.63, 3.8) is 0 Å². The summed E-state index contributed by atoms with van der Waals surface area (Å²) in [5, 5.41) is 3.51. The Morgan fingerprint density at radius 2 is 1.93 bits per heavy atom. The van der Waals surface area contributed by atoms with Gasteiger partial charge in [-0.1, -0.05) is 6.07 Å². The van der Waals surface area contributed by atoms with Crippen LogP contribution in [0.25, 0.3) is 0 Å². The highest BCUT2D eigenvalue weighted by Gasteiger charge is 2.32. The number of nitrogens with two attached hydrogens (primary N) is 1. The third kappa shape index (κ3) is 4.60. The van der Waals surface area contributed by atoms with Gasteiger partial charge in [-0.15, -0.1) is 0 Å². The van der Waals surface area contributed by atoms with E-state index >= 15 is 0 Å². The number of nitrogens with zero attached hydrogens (tertiary/aromatic N) is 3. The lowest BCUT2D eigenvalue weighted by atomic mass is 9.96. The molecule has 0 unspecified atom stereocenters. The Bertz CT molecular complexity index is 855. The second kappa shape index (κ2) is 8.68. The smallest absolute Gasteiger partial charge is 0.240 e. The summed E-state index contributed by atoms with van der Waals surface area (Å²) in [7, 11) is 0. The van der Waals surface area contributed by atoms with Crippen molar-refractivity contribution in [1.29, 1.82) is 0 Å². The Morgan fingerprint density at radius 3 is 2.69 bits per heavy atom. The first-order valence-corrected chi connectivity index (χ1v) is 10.4. The summed E-state index contributed by atoms with van der Waals surface area (Å²) < 4.78 is 13.7. The number of amides is 1. The van der Waals surface area contributed by atoms with Crippen LogP contribution in [0.4, 0.5) is 21.6 Å². The summed E-state index contributed by atoms with van der Waals surface area (Å²) in [4.78, 5) is 20.7. The van der Waals surface area contributed by atoms with E-state index in [9.17, 15) is 9.18 Å². The minimum absolute atomic E-state index is 0.0953. The number of rotatable bonds is 5. The predicted molar refractivity (Wildman–Crippen MR) is 114 cm³/mol. The van der Waals surface area contributed by atoms with Crippen molar-refractivity contribution in [2.24, 2.45) is 5.73 Å². The molecule has 154 valence electrons. The van der Waals surface area contributed by atoms with E-state index < -0.39 is 6.04 Å². The molecule has 3 heterocycles. The van der Waals surface area contributed by atoms with Gasteiger partial charge in [0.25, 0.3) is 0 Å². The van der Waals surface area contributed by atoms with Gasteiger partial charge in [-0.3, -0.25) is 4.79 Å². The number of pyridine rings is 1. The minimum Gasteiger partial charge on any atom is -0.371 e. The Labute approximate surface area is 170 Å². The van der Waals surface area contributed by atoms with E-state index in [0.29, 0.717) is 18.7 Å². The van der Waals surface area contributed by atoms with E-state index in [1.165, 1.54) is 37.1 Å². The number of carbonyl (C=O) groups is 1. The highest BCUT2D eigenvalue weighted by Crippen LogP contribution is 2.28. The van der Waals surface area contributed by atoms with E-state index in [2.05, 4.69) is 27.3 Å². The normalized spacial score (nSPS) is 22.4. The number of halogens is 1. The average Bonchev–Trinajstić information content (AvgIpc) is 2.74. The van der Waals surface area contributed by atoms with Crippen molar-refractivity contribution in [1.82, 2.24) is 4.98 Å². The van der Waals surface area contributed by atoms with Crippen LogP contribution < -0.4 is 20.9 Å². The summed E-state index contributed by atoms with van der Waals surface area (Å²) in [6, 6.07) is 10.1. The largest absolute Gasteiger partial charge is 0.371 e. The summed E-state index contributed by atoms with van der Waals surface area (Å²) in [6.07, 6.45) is 7.01. The molecule has 2 aliphatic heterocycles. The lowest BCUT2D eigenvalue weighted by molar-refractivity contribution is -0.119. The number of carbonyl (C=O) groups excluding carboxylic acids is 1. The maximum absolute atomic E-state index is 13.7. The van der Waals surface area contributed by atoms with Crippen LogP contribution in [0.3, 0.4) is 0 Å². The molecule has 2 fully saturated rings. The Hall–Kier alpha value is -2.83. The van der Waals surface area contributed by atoms with Gasteiger partial charge >= 0.3 is 0 Å². The first-order chi connectivity index (χ1) is 14.1. The predicted octanol–water partition coefficient (Wildman–Crippen LogP) is 3.15. The van der Waals surface area contributed by atoms with Gasteiger partial charge in [0.2, 0.25) is 5.91 Å². The van der Waals surface area contributed by atoms with Crippen LogP contribution >= 0.6 is 0 Å². The molecule has 0 aliphatic carbocycles. The van der Waals surface area contributed by atoms with Crippen LogP contribution in [0.15, 0.2) is 42.6 Å². The molecule has 1 amide bonds. The van der Waals surface area contributed by atoms with Crippen LogP contribution in [-0.4, -0.2) is 42.6 Å². The van der Waals surface area contributed by atoms with Gasteiger partial charge in [0.05, 0.1) is 0 Å². The number of piperidine rings is 2. The monoisotopic (exact) mass is 397 g/mol. The van der Waals surface area contributed by atoms with Crippen LogP contribution in [0, 0.1) is 5.82 Å². The van der Waals surface area contributed by atoms with Crippen molar-refractivity contribution in [3.8, 4) is 0 Å².